The average molecular weight is 410 g/mol. The Morgan fingerprint density at radius 3 is 2.13 bits per heavy atom. The van der Waals surface area contributed by atoms with Crippen molar-refractivity contribution < 1.29 is 23.9 Å². The molecule has 0 atom stereocenters. The first kappa shape index (κ1) is 21.4. The highest BCUT2D eigenvalue weighted by Gasteiger charge is 2.30. The highest BCUT2D eigenvalue weighted by atomic mass is 16.5. The minimum atomic E-state index is -0.199. The van der Waals surface area contributed by atoms with Gasteiger partial charge in [-0.2, -0.15) is 0 Å². The molecule has 30 heavy (non-hydrogen) atoms. The van der Waals surface area contributed by atoms with E-state index in [0.29, 0.717) is 54.2 Å². The fraction of sp³-hybridized carbons (Fsp3) is 0.348. The maximum Gasteiger partial charge on any atom is 0.261 e. The lowest BCUT2D eigenvalue weighted by Gasteiger charge is -2.32. The maximum atomic E-state index is 13.1. The lowest BCUT2D eigenvalue weighted by Crippen LogP contribution is -2.41. The summed E-state index contributed by atoms with van der Waals surface area (Å²) in [4.78, 5) is 39.0. The van der Waals surface area contributed by atoms with Gasteiger partial charge in [-0.05, 0) is 44.0 Å². The number of likely N-dealkylation sites (tertiary alicyclic amines) is 1. The highest BCUT2D eigenvalue weighted by molar-refractivity contribution is 6.00. The van der Waals surface area contributed by atoms with E-state index in [0.717, 1.165) is 0 Å². The summed E-state index contributed by atoms with van der Waals surface area (Å²) in [6.45, 7) is 2.42. The second-order valence-corrected chi connectivity index (χ2v) is 7.23. The summed E-state index contributed by atoms with van der Waals surface area (Å²) in [5.41, 5.74) is 1.55. The topological polar surface area (TPSA) is 84.9 Å². The number of nitrogens with zero attached hydrogens (tertiary/aromatic N) is 1. The van der Waals surface area contributed by atoms with Crippen molar-refractivity contribution in [1.82, 2.24) is 4.90 Å². The molecule has 3 rings (SSSR count). The molecule has 1 fully saturated rings. The Morgan fingerprint density at radius 2 is 1.57 bits per heavy atom. The van der Waals surface area contributed by atoms with Gasteiger partial charge in [0.2, 0.25) is 5.91 Å². The van der Waals surface area contributed by atoms with E-state index in [1.807, 2.05) is 0 Å². The molecule has 2 aromatic rings. The van der Waals surface area contributed by atoms with Gasteiger partial charge in [0.15, 0.2) is 5.78 Å². The van der Waals surface area contributed by atoms with Crippen molar-refractivity contribution in [3.63, 3.8) is 0 Å². The molecule has 2 amide bonds. The molecule has 0 aliphatic carbocycles. The number of anilines is 1. The van der Waals surface area contributed by atoms with Gasteiger partial charge >= 0.3 is 0 Å². The number of rotatable bonds is 6. The van der Waals surface area contributed by atoms with Crippen LogP contribution in [0.1, 0.15) is 40.5 Å². The number of piperidine rings is 1. The highest BCUT2D eigenvalue weighted by Crippen LogP contribution is 2.31. The molecule has 0 saturated carbocycles. The van der Waals surface area contributed by atoms with Crippen LogP contribution in [-0.4, -0.2) is 49.8 Å². The van der Waals surface area contributed by atoms with Gasteiger partial charge in [-0.25, -0.2) is 0 Å². The predicted octanol–water partition coefficient (Wildman–Crippen LogP) is 3.40. The zero-order valence-corrected chi connectivity index (χ0v) is 17.4. The third-order valence-corrected chi connectivity index (χ3v) is 5.33. The summed E-state index contributed by atoms with van der Waals surface area (Å²) in [5.74, 6) is 0.406. The Balaban J connectivity index is 1.64. The molecule has 1 N–H and O–H groups in total. The number of methoxy groups -OCH3 is 2. The number of carbonyl (C=O) groups is 3. The van der Waals surface area contributed by atoms with E-state index in [9.17, 15) is 14.4 Å². The van der Waals surface area contributed by atoms with Crippen molar-refractivity contribution in [3.8, 4) is 11.5 Å². The summed E-state index contributed by atoms with van der Waals surface area (Å²) < 4.78 is 10.7. The van der Waals surface area contributed by atoms with Gasteiger partial charge in [0, 0.05) is 30.3 Å². The van der Waals surface area contributed by atoms with Gasteiger partial charge in [-0.1, -0.05) is 18.2 Å². The van der Waals surface area contributed by atoms with E-state index in [2.05, 4.69) is 5.32 Å². The van der Waals surface area contributed by atoms with Crippen LogP contribution < -0.4 is 14.8 Å². The van der Waals surface area contributed by atoms with E-state index >= 15 is 0 Å². The van der Waals surface area contributed by atoms with Crippen molar-refractivity contribution in [2.24, 2.45) is 5.92 Å². The van der Waals surface area contributed by atoms with Crippen LogP contribution in [0, 0.1) is 5.92 Å². The van der Waals surface area contributed by atoms with Crippen molar-refractivity contribution in [2.45, 2.75) is 19.8 Å². The maximum absolute atomic E-state index is 13.1. The molecule has 1 aliphatic heterocycles. The van der Waals surface area contributed by atoms with Crippen LogP contribution in [0.5, 0.6) is 11.5 Å². The second-order valence-electron chi connectivity index (χ2n) is 7.23. The van der Waals surface area contributed by atoms with E-state index in [1.165, 1.54) is 21.1 Å². The first-order chi connectivity index (χ1) is 14.4. The number of benzene rings is 2. The van der Waals surface area contributed by atoms with E-state index in [4.69, 9.17) is 9.47 Å². The summed E-state index contributed by atoms with van der Waals surface area (Å²) >= 11 is 0. The molecule has 7 nitrogen and oxygen atoms in total. The van der Waals surface area contributed by atoms with Crippen LogP contribution in [0.3, 0.4) is 0 Å². The first-order valence-electron chi connectivity index (χ1n) is 9.86. The number of Topliss-reactive ketones (excluding diaryl/α,β-unsaturated/α-hetero) is 1. The molecule has 0 aromatic heterocycles. The Labute approximate surface area is 176 Å². The lowest BCUT2D eigenvalue weighted by atomic mass is 9.95. The van der Waals surface area contributed by atoms with E-state index in [-0.39, 0.29) is 23.5 Å². The molecule has 1 aliphatic rings. The summed E-state index contributed by atoms with van der Waals surface area (Å²) in [6.07, 6.45) is 1.11. The van der Waals surface area contributed by atoms with Crippen LogP contribution in [-0.2, 0) is 4.79 Å². The van der Waals surface area contributed by atoms with Crippen molar-refractivity contribution in [2.75, 3.05) is 32.6 Å². The fourth-order valence-corrected chi connectivity index (χ4v) is 3.63. The monoisotopic (exact) mass is 410 g/mol. The minimum absolute atomic E-state index is 0.0512. The molecule has 0 unspecified atom stereocenters. The lowest BCUT2D eigenvalue weighted by molar-refractivity contribution is -0.121. The minimum Gasteiger partial charge on any atom is -0.496 e. The van der Waals surface area contributed by atoms with Gasteiger partial charge in [0.1, 0.15) is 17.1 Å². The standard InChI is InChI=1S/C23H26N2O5/c1-15(26)17-6-4-7-18(14-17)24-22(27)16-10-12-25(13-11-16)23(28)21-19(29-2)8-5-9-20(21)30-3/h4-9,14,16H,10-13H2,1-3H3,(H,24,27). The molecule has 0 spiro atoms. The predicted molar refractivity (Wildman–Crippen MR) is 113 cm³/mol. The third kappa shape index (κ3) is 4.62. The van der Waals surface area contributed by atoms with Gasteiger partial charge < -0.3 is 19.7 Å². The number of ketones is 1. The summed E-state index contributed by atoms with van der Waals surface area (Å²) in [7, 11) is 3.03. The van der Waals surface area contributed by atoms with Crippen molar-refractivity contribution in [1.29, 1.82) is 0 Å². The number of ether oxygens (including phenoxy) is 2. The van der Waals surface area contributed by atoms with Crippen LogP contribution >= 0.6 is 0 Å². The molecule has 7 heteroatoms. The normalized spacial score (nSPS) is 14.2. The third-order valence-electron chi connectivity index (χ3n) is 5.33. The summed E-state index contributed by atoms with van der Waals surface area (Å²) in [5, 5.41) is 2.88. The quantitative estimate of drug-likeness (QED) is 0.738. The number of hydrogen-bond acceptors (Lipinski definition) is 5. The largest absolute Gasteiger partial charge is 0.496 e. The van der Waals surface area contributed by atoms with Crippen molar-refractivity contribution >= 4 is 23.3 Å². The zero-order valence-electron chi connectivity index (χ0n) is 17.4. The number of hydrogen-bond donors (Lipinski definition) is 1. The molecule has 0 radical (unpaired) electrons. The van der Waals surface area contributed by atoms with Crippen LogP contribution in [0.25, 0.3) is 0 Å². The zero-order chi connectivity index (χ0) is 21.7. The molecule has 1 heterocycles. The molecule has 0 bridgehead atoms. The Kier molecular flexibility index (Phi) is 6.72. The van der Waals surface area contributed by atoms with Gasteiger partial charge in [0.25, 0.3) is 5.91 Å². The molecule has 158 valence electrons. The number of carbonyl (C=O) groups excluding carboxylic acids is 3. The molecular weight excluding hydrogens is 384 g/mol. The Hall–Kier alpha value is -3.35. The number of amides is 2. The van der Waals surface area contributed by atoms with Crippen LogP contribution in [0.15, 0.2) is 42.5 Å². The smallest absolute Gasteiger partial charge is 0.261 e. The van der Waals surface area contributed by atoms with Gasteiger partial charge in [-0.15, -0.1) is 0 Å². The second kappa shape index (κ2) is 9.43. The fourth-order valence-electron chi connectivity index (χ4n) is 3.63. The molecule has 1 saturated heterocycles. The van der Waals surface area contributed by atoms with E-state index < -0.39 is 0 Å². The molecule has 2 aromatic carbocycles. The first-order valence-corrected chi connectivity index (χ1v) is 9.86. The van der Waals surface area contributed by atoms with E-state index in [1.54, 1.807) is 47.4 Å². The SMILES string of the molecule is COc1cccc(OC)c1C(=O)N1CCC(C(=O)Nc2cccc(C(C)=O)c2)CC1. The Morgan fingerprint density at radius 1 is 0.967 bits per heavy atom. The van der Waals surface area contributed by atoms with Gasteiger partial charge in [-0.3, -0.25) is 14.4 Å². The summed E-state index contributed by atoms with van der Waals surface area (Å²) in [6, 6.07) is 12.1. The van der Waals surface area contributed by atoms with Gasteiger partial charge in [0.05, 0.1) is 14.2 Å². The van der Waals surface area contributed by atoms with Crippen LogP contribution in [0.4, 0.5) is 5.69 Å². The molecular formula is C23H26N2O5. The van der Waals surface area contributed by atoms with Crippen molar-refractivity contribution in [3.05, 3.63) is 53.6 Å². The van der Waals surface area contributed by atoms with Crippen LogP contribution in [0.2, 0.25) is 0 Å². The average Bonchev–Trinajstić information content (AvgIpc) is 2.78. The Bertz CT molecular complexity index is 926. The number of nitrogens with one attached hydrogen (secondary N) is 1.